The number of carbonyl (C=O) groups is 1. The predicted molar refractivity (Wildman–Crippen MR) is 86.6 cm³/mol. The van der Waals surface area contributed by atoms with E-state index >= 15 is 0 Å². The van der Waals surface area contributed by atoms with E-state index < -0.39 is 22.0 Å². The van der Waals surface area contributed by atoms with Gasteiger partial charge >= 0.3 is 5.97 Å². The number of benzene rings is 1. The molecule has 1 fully saturated rings. The Morgan fingerprint density at radius 3 is 2.50 bits per heavy atom. The highest BCUT2D eigenvalue weighted by molar-refractivity contribution is 7.89. The number of morpholine rings is 1. The van der Waals surface area contributed by atoms with Gasteiger partial charge in [0.2, 0.25) is 10.0 Å². The highest BCUT2D eigenvalue weighted by Crippen LogP contribution is 2.16. The molecule has 0 aliphatic carbocycles. The Kier molecular flexibility index (Phi) is 6.55. The van der Waals surface area contributed by atoms with Crippen LogP contribution in [-0.2, 0) is 19.6 Å². The van der Waals surface area contributed by atoms with Gasteiger partial charge in [-0.15, -0.1) is 0 Å². The second kappa shape index (κ2) is 8.43. The molecule has 0 aromatic heterocycles. The van der Waals surface area contributed by atoms with Crippen LogP contribution in [0.2, 0.25) is 0 Å². The number of rotatable bonds is 8. The highest BCUT2D eigenvalue weighted by atomic mass is 32.2. The molecule has 8 nitrogen and oxygen atoms in total. The van der Waals surface area contributed by atoms with Crippen LogP contribution in [0.5, 0.6) is 5.75 Å². The fourth-order valence-electron chi connectivity index (χ4n) is 2.38. The van der Waals surface area contributed by atoms with Crippen molar-refractivity contribution >= 4 is 16.0 Å². The smallest absolute Gasteiger partial charge is 0.321 e. The molecule has 0 spiro atoms. The second-order valence-corrected chi connectivity index (χ2v) is 7.14. The van der Waals surface area contributed by atoms with Crippen molar-refractivity contribution in [3.8, 4) is 5.75 Å². The third-order valence-electron chi connectivity index (χ3n) is 3.80. The monoisotopic (exact) mass is 358 g/mol. The summed E-state index contributed by atoms with van der Waals surface area (Å²) >= 11 is 0. The minimum absolute atomic E-state index is 0.000854. The van der Waals surface area contributed by atoms with E-state index in [-0.39, 0.29) is 11.3 Å². The largest absolute Gasteiger partial charge is 0.497 e. The summed E-state index contributed by atoms with van der Waals surface area (Å²) in [7, 11) is -2.43. The normalized spacial score (nSPS) is 17.4. The van der Waals surface area contributed by atoms with Crippen LogP contribution >= 0.6 is 0 Å². The van der Waals surface area contributed by atoms with E-state index in [2.05, 4.69) is 9.62 Å². The number of ether oxygens (including phenoxy) is 2. The van der Waals surface area contributed by atoms with Crippen LogP contribution in [0.3, 0.4) is 0 Å². The summed E-state index contributed by atoms with van der Waals surface area (Å²) in [4.78, 5) is 13.4. The number of nitrogens with zero attached hydrogens (tertiary/aromatic N) is 1. The first-order chi connectivity index (χ1) is 11.4. The summed E-state index contributed by atoms with van der Waals surface area (Å²) in [5.41, 5.74) is 0. The van der Waals surface area contributed by atoms with E-state index in [1.54, 1.807) is 0 Å². The van der Waals surface area contributed by atoms with Gasteiger partial charge in [-0.25, -0.2) is 8.42 Å². The topological polar surface area (TPSA) is 105 Å². The minimum Gasteiger partial charge on any atom is -0.497 e. The van der Waals surface area contributed by atoms with Crippen molar-refractivity contribution in [1.29, 1.82) is 0 Å². The molecule has 134 valence electrons. The van der Waals surface area contributed by atoms with E-state index in [1.807, 2.05) is 0 Å². The number of aliphatic carboxylic acids is 1. The van der Waals surface area contributed by atoms with Gasteiger partial charge in [0, 0.05) is 19.6 Å². The van der Waals surface area contributed by atoms with Crippen LogP contribution in [0.1, 0.15) is 6.42 Å². The zero-order valence-electron chi connectivity index (χ0n) is 13.5. The molecule has 1 aliphatic heterocycles. The molecule has 1 aromatic carbocycles. The fourth-order valence-corrected chi connectivity index (χ4v) is 3.60. The minimum atomic E-state index is -3.91. The molecule has 0 radical (unpaired) electrons. The summed E-state index contributed by atoms with van der Waals surface area (Å²) in [6.45, 7) is 3.14. The Labute approximate surface area is 141 Å². The van der Waals surface area contributed by atoms with Crippen LogP contribution in [0.4, 0.5) is 0 Å². The van der Waals surface area contributed by atoms with Gasteiger partial charge in [-0.05, 0) is 30.7 Å². The molecular formula is C15H22N2O6S. The third kappa shape index (κ3) is 5.17. The lowest BCUT2D eigenvalue weighted by Gasteiger charge is -2.27. The van der Waals surface area contributed by atoms with Gasteiger partial charge in [-0.2, -0.15) is 4.72 Å². The van der Waals surface area contributed by atoms with E-state index in [0.29, 0.717) is 25.5 Å². The molecule has 9 heteroatoms. The first kappa shape index (κ1) is 18.7. The van der Waals surface area contributed by atoms with Gasteiger partial charge in [0.25, 0.3) is 0 Å². The van der Waals surface area contributed by atoms with Crippen molar-refractivity contribution in [3.63, 3.8) is 0 Å². The van der Waals surface area contributed by atoms with Crippen molar-refractivity contribution in [1.82, 2.24) is 9.62 Å². The molecule has 1 aromatic rings. The average molecular weight is 358 g/mol. The number of hydrogen-bond acceptors (Lipinski definition) is 6. The number of nitrogens with one attached hydrogen (secondary N) is 1. The number of methoxy groups -OCH3 is 1. The number of carboxylic acid groups (broad SMARTS) is 1. The molecule has 24 heavy (non-hydrogen) atoms. The summed E-state index contributed by atoms with van der Waals surface area (Å²) in [5.74, 6) is -0.670. The number of carboxylic acids is 1. The fraction of sp³-hybridized carbons (Fsp3) is 0.533. The quantitative estimate of drug-likeness (QED) is 0.681. The van der Waals surface area contributed by atoms with E-state index in [9.17, 15) is 18.3 Å². The second-order valence-electron chi connectivity index (χ2n) is 5.43. The first-order valence-electron chi connectivity index (χ1n) is 7.61. The SMILES string of the molecule is COc1ccc(S(=O)(=O)NC(CCN2CCOCC2)C(=O)O)cc1. The summed E-state index contributed by atoms with van der Waals surface area (Å²) in [6.07, 6.45) is 0.185. The van der Waals surface area contributed by atoms with Crippen LogP contribution in [0.15, 0.2) is 29.2 Å². The molecule has 1 aliphatic rings. The molecule has 2 N–H and O–H groups in total. The Morgan fingerprint density at radius 2 is 1.96 bits per heavy atom. The van der Waals surface area contributed by atoms with Crippen molar-refractivity contribution in [2.75, 3.05) is 40.0 Å². The van der Waals surface area contributed by atoms with E-state index in [0.717, 1.165) is 13.1 Å². The van der Waals surface area contributed by atoms with E-state index in [1.165, 1.54) is 31.4 Å². The zero-order valence-corrected chi connectivity index (χ0v) is 14.3. The maximum Gasteiger partial charge on any atom is 0.321 e. The molecule has 1 atom stereocenters. The van der Waals surface area contributed by atoms with E-state index in [4.69, 9.17) is 9.47 Å². The lowest BCUT2D eigenvalue weighted by molar-refractivity contribution is -0.139. The zero-order chi connectivity index (χ0) is 17.6. The molecule has 0 amide bonds. The molecule has 1 saturated heterocycles. The molecule has 0 bridgehead atoms. The lowest BCUT2D eigenvalue weighted by Crippen LogP contribution is -2.44. The summed E-state index contributed by atoms with van der Waals surface area (Å²) < 4.78 is 37.2. The van der Waals surface area contributed by atoms with Crippen molar-refractivity contribution in [2.45, 2.75) is 17.4 Å². The molecule has 1 unspecified atom stereocenters. The van der Waals surface area contributed by atoms with Gasteiger partial charge in [0.05, 0.1) is 25.2 Å². The van der Waals surface area contributed by atoms with Crippen molar-refractivity contribution in [2.24, 2.45) is 0 Å². The first-order valence-corrected chi connectivity index (χ1v) is 9.10. The Hall–Kier alpha value is -1.68. The van der Waals surface area contributed by atoms with Gasteiger partial charge < -0.3 is 14.6 Å². The summed E-state index contributed by atoms with van der Waals surface area (Å²) in [6, 6.07) is 4.60. The Balaban J connectivity index is 2.00. The molecule has 1 heterocycles. The third-order valence-corrected chi connectivity index (χ3v) is 5.29. The molecule has 0 saturated carbocycles. The average Bonchev–Trinajstić information content (AvgIpc) is 2.59. The molecule has 2 rings (SSSR count). The van der Waals surface area contributed by atoms with Crippen LogP contribution < -0.4 is 9.46 Å². The van der Waals surface area contributed by atoms with Crippen molar-refractivity contribution in [3.05, 3.63) is 24.3 Å². The standard InChI is InChI=1S/C15H22N2O6S/c1-22-12-2-4-13(5-3-12)24(20,21)16-14(15(18)19)6-7-17-8-10-23-11-9-17/h2-5,14,16H,6-11H2,1H3,(H,18,19). The summed E-state index contributed by atoms with van der Waals surface area (Å²) in [5, 5.41) is 9.30. The number of hydrogen-bond donors (Lipinski definition) is 2. The van der Waals surface area contributed by atoms with Crippen LogP contribution in [0.25, 0.3) is 0 Å². The highest BCUT2D eigenvalue weighted by Gasteiger charge is 2.26. The van der Waals surface area contributed by atoms with Gasteiger partial charge in [0.15, 0.2) is 0 Å². The van der Waals surface area contributed by atoms with Crippen LogP contribution in [0, 0.1) is 0 Å². The van der Waals surface area contributed by atoms with Crippen LogP contribution in [-0.4, -0.2) is 70.4 Å². The maximum atomic E-state index is 12.3. The van der Waals surface area contributed by atoms with Gasteiger partial charge in [-0.3, -0.25) is 9.69 Å². The predicted octanol–water partition coefficient (Wildman–Crippen LogP) is 0.149. The Morgan fingerprint density at radius 1 is 1.33 bits per heavy atom. The maximum absolute atomic E-state index is 12.3. The number of sulfonamides is 1. The van der Waals surface area contributed by atoms with Gasteiger partial charge in [0.1, 0.15) is 11.8 Å². The lowest BCUT2D eigenvalue weighted by atomic mass is 10.2. The van der Waals surface area contributed by atoms with Crippen molar-refractivity contribution < 1.29 is 27.8 Å². The molecular weight excluding hydrogens is 336 g/mol. The van der Waals surface area contributed by atoms with Gasteiger partial charge in [-0.1, -0.05) is 0 Å². The Bertz CT molecular complexity index is 640.